The molecule has 0 aliphatic carbocycles. The maximum atomic E-state index is 4.84. The van der Waals surface area contributed by atoms with Crippen LogP contribution in [0, 0.1) is 0 Å². The van der Waals surface area contributed by atoms with Gasteiger partial charge in [-0.3, -0.25) is 0 Å². The van der Waals surface area contributed by atoms with E-state index in [-0.39, 0.29) is 0 Å². The summed E-state index contributed by atoms with van der Waals surface area (Å²) >= 11 is 0. The molecule has 1 aliphatic rings. The third-order valence-electron chi connectivity index (χ3n) is 4.52. The molecular weight excluding hydrogens is 284 g/mol. The Kier molecular flexibility index (Phi) is 3.52. The van der Waals surface area contributed by atoms with Gasteiger partial charge in [-0.25, -0.2) is 4.98 Å². The molecular formula is C19H22N4. The van der Waals surface area contributed by atoms with E-state index in [1.54, 1.807) is 0 Å². The molecule has 1 aliphatic heterocycles. The zero-order chi connectivity index (χ0) is 15.8. The Morgan fingerprint density at radius 3 is 2.43 bits per heavy atom. The second-order valence-corrected chi connectivity index (χ2v) is 6.55. The lowest BCUT2D eigenvalue weighted by Gasteiger charge is -2.20. The van der Waals surface area contributed by atoms with Crippen molar-refractivity contribution in [1.82, 2.24) is 14.6 Å². The molecule has 0 radical (unpaired) electrons. The third-order valence-corrected chi connectivity index (χ3v) is 4.52. The van der Waals surface area contributed by atoms with Gasteiger partial charge in [0.15, 0.2) is 5.65 Å². The second-order valence-electron chi connectivity index (χ2n) is 6.55. The van der Waals surface area contributed by atoms with E-state index in [2.05, 4.69) is 43.0 Å². The van der Waals surface area contributed by atoms with E-state index < -0.39 is 0 Å². The number of hydrogen-bond acceptors (Lipinski definition) is 3. The zero-order valence-corrected chi connectivity index (χ0v) is 13.7. The summed E-state index contributed by atoms with van der Waals surface area (Å²) < 4.78 is 2.01. The highest BCUT2D eigenvalue weighted by molar-refractivity contribution is 5.66. The quantitative estimate of drug-likeness (QED) is 0.730. The van der Waals surface area contributed by atoms with E-state index >= 15 is 0 Å². The number of nitrogens with zero attached hydrogens (tertiary/aromatic N) is 4. The SMILES string of the molecule is CC(C)c1cc(N2CCCC2)n2nc(-c3ccccc3)cc2n1. The molecule has 1 aromatic carbocycles. The first kappa shape index (κ1) is 14.2. The van der Waals surface area contributed by atoms with Gasteiger partial charge in [0, 0.05) is 36.5 Å². The number of fused-ring (bicyclic) bond motifs is 1. The van der Waals surface area contributed by atoms with Gasteiger partial charge in [-0.05, 0) is 18.8 Å². The lowest BCUT2D eigenvalue weighted by atomic mass is 10.1. The van der Waals surface area contributed by atoms with Crippen LogP contribution in [0.2, 0.25) is 0 Å². The standard InChI is InChI=1S/C19H22N4/c1-14(2)16-13-19(22-10-6-7-11-22)23-18(20-16)12-17(21-23)15-8-4-3-5-9-15/h3-5,8-9,12-14H,6-7,10-11H2,1-2H3. The molecule has 3 aromatic rings. The van der Waals surface area contributed by atoms with Crippen LogP contribution < -0.4 is 4.90 Å². The molecule has 23 heavy (non-hydrogen) atoms. The molecule has 0 unspecified atom stereocenters. The van der Waals surface area contributed by atoms with Gasteiger partial charge < -0.3 is 4.90 Å². The summed E-state index contributed by atoms with van der Waals surface area (Å²) in [4.78, 5) is 7.26. The van der Waals surface area contributed by atoms with Crippen molar-refractivity contribution >= 4 is 11.5 Å². The first-order valence-corrected chi connectivity index (χ1v) is 8.43. The molecule has 0 saturated carbocycles. The number of rotatable bonds is 3. The fraction of sp³-hybridized carbons (Fsp3) is 0.368. The summed E-state index contributed by atoms with van der Waals surface area (Å²) in [6, 6.07) is 14.6. The third kappa shape index (κ3) is 2.58. The van der Waals surface area contributed by atoms with Crippen LogP contribution in [0.1, 0.15) is 38.3 Å². The molecule has 0 atom stereocenters. The summed E-state index contributed by atoms with van der Waals surface area (Å²) in [7, 11) is 0. The minimum atomic E-state index is 0.413. The maximum Gasteiger partial charge on any atom is 0.158 e. The van der Waals surface area contributed by atoms with E-state index in [9.17, 15) is 0 Å². The Morgan fingerprint density at radius 2 is 1.74 bits per heavy atom. The van der Waals surface area contributed by atoms with Gasteiger partial charge in [-0.2, -0.15) is 9.61 Å². The highest BCUT2D eigenvalue weighted by Crippen LogP contribution is 2.27. The number of aromatic nitrogens is 3. The van der Waals surface area contributed by atoms with E-state index in [1.807, 2.05) is 22.7 Å². The lowest BCUT2D eigenvalue weighted by molar-refractivity contribution is 0.791. The predicted molar refractivity (Wildman–Crippen MR) is 94.0 cm³/mol. The van der Waals surface area contributed by atoms with Crippen LogP contribution in [0.4, 0.5) is 5.82 Å². The van der Waals surface area contributed by atoms with Crippen molar-refractivity contribution in [2.75, 3.05) is 18.0 Å². The van der Waals surface area contributed by atoms with Crippen LogP contribution in [0.15, 0.2) is 42.5 Å². The molecule has 0 amide bonds. The first-order valence-electron chi connectivity index (χ1n) is 8.43. The maximum absolute atomic E-state index is 4.84. The van der Waals surface area contributed by atoms with Gasteiger partial charge >= 0.3 is 0 Å². The Bertz CT molecular complexity index is 814. The summed E-state index contributed by atoms with van der Waals surface area (Å²) in [5.41, 5.74) is 4.20. The molecule has 3 heterocycles. The second kappa shape index (κ2) is 5.69. The predicted octanol–water partition coefficient (Wildman–Crippen LogP) is 4.12. The normalized spacial score (nSPS) is 15.0. The van der Waals surface area contributed by atoms with Gasteiger partial charge in [-0.15, -0.1) is 0 Å². The fourth-order valence-corrected chi connectivity index (χ4v) is 3.19. The van der Waals surface area contributed by atoms with Crippen molar-refractivity contribution in [2.24, 2.45) is 0 Å². The highest BCUT2D eigenvalue weighted by Gasteiger charge is 2.19. The summed E-state index contributed by atoms with van der Waals surface area (Å²) in [5, 5.41) is 4.84. The molecule has 0 bridgehead atoms. The Morgan fingerprint density at radius 1 is 1.00 bits per heavy atom. The molecule has 1 fully saturated rings. The van der Waals surface area contributed by atoms with Crippen molar-refractivity contribution in [2.45, 2.75) is 32.6 Å². The zero-order valence-electron chi connectivity index (χ0n) is 13.7. The van der Waals surface area contributed by atoms with Gasteiger partial charge in [0.2, 0.25) is 0 Å². The van der Waals surface area contributed by atoms with Crippen LogP contribution in [0.3, 0.4) is 0 Å². The van der Waals surface area contributed by atoms with Crippen molar-refractivity contribution in [3.05, 3.63) is 48.2 Å². The summed E-state index contributed by atoms with van der Waals surface area (Å²) in [6.07, 6.45) is 2.52. The van der Waals surface area contributed by atoms with Gasteiger partial charge in [0.1, 0.15) is 5.82 Å². The first-order chi connectivity index (χ1) is 11.2. The van der Waals surface area contributed by atoms with Crippen molar-refractivity contribution < 1.29 is 0 Å². The minimum absolute atomic E-state index is 0.413. The van der Waals surface area contributed by atoms with Crippen LogP contribution in [0.25, 0.3) is 16.9 Å². The van der Waals surface area contributed by atoms with E-state index in [0.717, 1.165) is 35.7 Å². The topological polar surface area (TPSA) is 33.4 Å². The average molecular weight is 306 g/mol. The lowest BCUT2D eigenvalue weighted by Crippen LogP contribution is -2.21. The summed E-state index contributed by atoms with van der Waals surface area (Å²) in [5.74, 6) is 1.59. The van der Waals surface area contributed by atoms with Crippen LogP contribution in [0.5, 0.6) is 0 Å². The largest absolute Gasteiger partial charge is 0.356 e. The monoisotopic (exact) mass is 306 g/mol. The summed E-state index contributed by atoms with van der Waals surface area (Å²) in [6.45, 7) is 6.61. The van der Waals surface area contributed by atoms with E-state index in [0.29, 0.717) is 5.92 Å². The Labute approximate surface area is 136 Å². The molecule has 118 valence electrons. The number of benzene rings is 1. The van der Waals surface area contributed by atoms with Crippen LogP contribution in [-0.2, 0) is 0 Å². The van der Waals surface area contributed by atoms with Crippen molar-refractivity contribution in [1.29, 1.82) is 0 Å². The fourth-order valence-electron chi connectivity index (χ4n) is 3.19. The number of hydrogen-bond donors (Lipinski definition) is 0. The molecule has 0 N–H and O–H groups in total. The molecule has 2 aromatic heterocycles. The van der Waals surface area contributed by atoms with Crippen molar-refractivity contribution in [3.8, 4) is 11.3 Å². The minimum Gasteiger partial charge on any atom is -0.356 e. The molecule has 4 nitrogen and oxygen atoms in total. The Hall–Kier alpha value is -2.36. The molecule has 1 saturated heterocycles. The molecule has 4 heteroatoms. The van der Waals surface area contributed by atoms with Gasteiger partial charge in [0.05, 0.1) is 5.69 Å². The van der Waals surface area contributed by atoms with E-state index in [4.69, 9.17) is 10.1 Å². The van der Waals surface area contributed by atoms with Crippen LogP contribution in [-0.4, -0.2) is 27.7 Å². The molecule has 4 rings (SSSR count). The average Bonchev–Trinajstić information content (AvgIpc) is 3.24. The van der Waals surface area contributed by atoms with Gasteiger partial charge in [0.25, 0.3) is 0 Å². The van der Waals surface area contributed by atoms with E-state index in [1.165, 1.54) is 18.7 Å². The van der Waals surface area contributed by atoms with Gasteiger partial charge in [-0.1, -0.05) is 44.2 Å². The Balaban J connectivity index is 1.89. The smallest absolute Gasteiger partial charge is 0.158 e. The highest BCUT2D eigenvalue weighted by atomic mass is 15.4. The van der Waals surface area contributed by atoms with Crippen LogP contribution >= 0.6 is 0 Å². The number of anilines is 1. The molecule has 0 spiro atoms. The van der Waals surface area contributed by atoms with Crippen molar-refractivity contribution in [3.63, 3.8) is 0 Å².